The summed E-state index contributed by atoms with van der Waals surface area (Å²) >= 11 is 0. The molecule has 0 aromatic heterocycles. The quantitative estimate of drug-likeness (QED) is 0.0200. The molecule has 81 heavy (non-hydrogen) atoms. The lowest BCUT2D eigenvalue weighted by Gasteiger charge is -2.20. The van der Waals surface area contributed by atoms with Crippen molar-refractivity contribution in [1.82, 2.24) is 11.0 Å². The summed E-state index contributed by atoms with van der Waals surface area (Å²) < 4.78 is 41.5. The number of nitrogens with one attached hydrogen (secondary N) is 2. The first-order chi connectivity index (χ1) is 38.8. The third-order valence-electron chi connectivity index (χ3n) is 11.4. The van der Waals surface area contributed by atoms with Crippen molar-refractivity contribution in [3.8, 4) is 5.75 Å². The number of carbonyl (C=O) groups excluding carboxylic acids is 9. The Morgan fingerprint density at radius 3 is 1.32 bits per heavy atom. The first-order valence-corrected chi connectivity index (χ1v) is 27.2. The highest BCUT2D eigenvalue weighted by atomic mass is 17.0. The number of unbranched alkanes of at least 4 members (excludes halogenated alkanes) is 11. The summed E-state index contributed by atoms with van der Waals surface area (Å²) in [6, 6.07) is 4.44. The summed E-state index contributed by atoms with van der Waals surface area (Å²) in [6.45, 7) is 4.49. The minimum Gasteiger partial charge on any atom is -0.765 e. The second kappa shape index (κ2) is 45.5. The molecule has 0 saturated heterocycles. The van der Waals surface area contributed by atoms with Crippen LogP contribution in [0, 0.1) is 25.4 Å². The Balaban J connectivity index is 2.28. The summed E-state index contributed by atoms with van der Waals surface area (Å²) in [4.78, 5) is 145. The molecule has 2 N–H and O–H groups in total. The molecule has 0 heterocycles. The van der Waals surface area contributed by atoms with Gasteiger partial charge in [-0.2, -0.15) is 0 Å². The Bertz CT molecular complexity index is 2060. The highest BCUT2D eigenvalue weighted by molar-refractivity contribution is 5.87. The molecule has 458 valence electrons. The van der Waals surface area contributed by atoms with Crippen LogP contribution in [0.1, 0.15) is 168 Å². The fraction of sp³-hybridized carbons (Fsp3) is 0.712. The van der Waals surface area contributed by atoms with Gasteiger partial charge in [-0.15, -0.1) is 20.2 Å². The van der Waals surface area contributed by atoms with Gasteiger partial charge in [0, 0.05) is 38.5 Å². The number of carbonyl (C=O) groups is 9. The van der Waals surface area contributed by atoms with Gasteiger partial charge in [-0.05, 0) is 141 Å². The summed E-state index contributed by atoms with van der Waals surface area (Å²) in [7, 11) is 0. The van der Waals surface area contributed by atoms with Crippen molar-refractivity contribution < 1.29 is 106 Å². The number of hydrogen-bond acceptors (Lipinski definition) is 26. The molecule has 29 heteroatoms. The molecule has 0 saturated carbocycles. The standard InChI is InChI=1S/C52H79N4O25/c1-38(79-52(65)43(53-44(57)21-9-4-18-35-76-54-66)37-41-26-28-42(29-27-41)80-50(63)39(2)78-51(64)40(3)81-56(69)70)49(62)75-34-17-8-13-25-47(60)73-32-15-6-11-23-45(58)71-30-14-5-10-22-46(59)72-31-16-7-12-24-48(61)74-33-19-20-36-77-55(67)68/h26-29,38-40,43,54H,4-25,30-37H2,1-3H3,(H,53,57)/q-1. The third-order valence-corrected chi connectivity index (χ3v) is 11.4. The van der Waals surface area contributed by atoms with Gasteiger partial charge in [0.1, 0.15) is 11.8 Å². The van der Waals surface area contributed by atoms with Crippen LogP contribution in [0.3, 0.4) is 0 Å². The second-order valence-corrected chi connectivity index (χ2v) is 18.3. The molecule has 0 aliphatic rings. The van der Waals surface area contributed by atoms with E-state index >= 15 is 0 Å². The summed E-state index contributed by atoms with van der Waals surface area (Å²) in [5.74, 6) is -5.83. The normalized spacial score (nSPS) is 12.2. The van der Waals surface area contributed by atoms with Gasteiger partial charge < -0.3 is 58.1 Å². The van der Waals surface area contributed by atoms with Crippen LogP contribution in [0.5, 0.6) is 5.75 Å². The Morgan fingerprint density at radius 2 is 0.864 bits per heavy atom. The molecule has 1 aromatic rings. The van der Waals surface area contributed by atoms with Crippen LogP contribution in [0.2, 0.25) is 0 Å². The van der Waals surface area contributed by atoms with E-state index in [2.05, 4.69) is 19.8 Å². The Morgan fingerprint density at radius 1 is 0.457 bits per heavy atom. The van der Waals surface area contributed by atoms with E-state index in [0.29, 0.717) is 115 Å². The maximum Gasteiger partial charge on any atom is 0.352 e. The molecular formula is C52H79N4O25-. The molecule has 4 atom stereocenters. The molecule has 1 aromatic carbocycles. The van der Waals surface area contributed by atoms with Gasteiger partial charge >= 0.3 is 47.8 Å². The molecule has 0 radical (unpaired) electrons. The summed E-state index contributed by atoms with van der Waals surface area (Å²) in [5.41, 5.74) is 1.79. The van der Waals surface area contributed by atoms with Crippen LogP contribution in [0.15, 0.2) is 24.3 Å². The lowest BCUT2D eigenvalue weighted by Crippen LogP contribution is -2.45. The Kier molecular flexibility index (Phi) is 40.3. The SMILES string of the molecule is CC(OC(=O)C(Cc1ccc(OC(=O)C(C)OC(=O)C(C)O[N+](=O)[O-])cc1)NC(=O)CCCCCON[O-])C(=O)OCCCCCC(=O)OCCCCCC(=O)OCCCCCC(=O)OCCCCCC(=O)OCCCCO[N+](=O)[O-]. The average molecular weight is 1160 g/mol. The smallest absolute Gasteiger partial charge is 0.352 e. The topological polar surface area (TPSA) is 389 Å². The summed E-state index contributed by atoms with van der Waals surface area (Å²) in [6.07, 6.45) is 5.56. The van der Waals surface area contributed by atoms with E-state index in [-0.39, 0.29) is 108 Å². The van der Waals surface area contributed by atoms with Gasteiger partial charge in [0.2, 0.25) is 12.0 Å². The van der Waals surface area contributed by atoms with Gasteiger partial charge in [-0.25, -0.2) is 19.2 Å². The molecule has 0 bridgehead atoms. The van der Waals surface area contributed by atoms with Crippen molar-refractivity contribution in [2.75, 3.05) is 46.2 Å². The zero-order valence-corrected chi connectivity index (χ0v) is 46.4. The zero-order valence-electron chi connectivity index (χ0n) is 46.4. The molecule has 1 rings (SSSR count). The van der Waals surface area contributed by atoms with E-state index in [1.165, 1.54) is 43.8 Å². The maximum atomic E-state index is 13.4. The van der Waals surface area contributed by atoms with E-state index in [9.17, 15) is 68.6 Å². The molecule has 4 unspecified atom stereocenters. The van der Waals surface area contributed by atoms with Crippen LogP contribution < -0.4 is 15.7 Å². The van der Waals surface area contributed by atoms with Crippen molar-refractivity contribution in [1.29, 1.82) is 0 Å². The molecule has 0 aliphatic carbocycles. The number of amides is 1. The number of rotatable bonds is 49. The van der Waals surface area contributed by atoms with Crippen molar-refractivity contribution >= 4 is 53.7 Å². The van der Waals surface area contributed by atoms with Crippen molar-refractivity contribution in [2.24, 2.45) is 0 Å². The fourth-order valence-electron chi connectivity index (χ4n) is 6.92. The highest BCUT2D eigenvalue weighted by Crippen LogP contribution is 2.17. The van der Waals surface area contributed by atoms with E-state index in [1.807, 2.05) is 0 Å². The number of benzene rings is 1. The first kappa shape index (κ1) is 71.7. The molecule has 0 spiro atoms. The van der Waals surface area contributed by atoms with Gasteiger partial charge in [-0.3, -0.25) is 34.5 Å². The summed E-state index contributed by atoms with van der Waals surface area (Å²) in [5, 5.41) is 31.4. The van der Waals surface area contributed by atoms with Crippen molar-refractivity contribution in [3.05, 3.63) is 55.3 Å². The van der Waals surface area contributed by atoms with Crippen molar-refractivity contribution in [2.45, 2.75) is 193 Å². The zero-order chi connectivity index (χ0) is 60.0. The lowest BCUT2D eigenvalue weighted by atomic mass is 10.0. The van der Waals surface area contributed by atoms with E-state index in [1.54, 1.807) is 0 Å². The Hall–Kier alpha value is -7.27. The predicted molar refractivity (Wildman–Crippen MR) is 278 cm³/mol. The van der Waals surface area contributed by atoms with Crippen LogP contribution >= 0.6 is 0 Å². The molecule has 0 aliphatic heterocycles. The van der Waals surface area contributed by atoms with E-state index in [4.69, 9.17) is 37.9 Å². The predicted octanol–water partition coefficient (Wildman–Crippen LogP) is 5.61. The monoisotopic (exact) mass is 1160 g/mol. The molecule has 0 fully saturated rings. The molecule has 1 amide bonds. The largest absolute Gasteiger partial charge is 0.765 e. The van der Waals surface area contributed by atoms with Gasteiger partial charge in [-0.1, -0.05) is 18.6 Å². The Labute approximate surface area is 469 Å². The maximum absolute atomic E-state index is 13.4. The van der Waals surface area contributed by atoms with E-state index < -0.39 is 70.3 Å². The lowest BCUT2D eigenvalue weighted by molar-refractivity contribution is -0.764. The molecule has 29 nitrogen and oxygen atoms in total. The van der Waals surface area contributed by atoms with Crippen molar-refractivity contribution in [3.63, 3.8) is 0 Å². The van der Waals surface area contributed by atoms with Crippen LogP contribution in [-0.4, -0.2) is 134 Å². The van der Waals surface area contributed by atoms with Crippen LogP contribution in [0.4, 0.5) is 0 Å². The highest BCUT2D eigenvalue weighted by Gasteiger charge is 2.29. The third kappa shape index (κ3) is 39.7. The van der Waals surface area contributed by atoms with Gasteiger partial charge in [0.15, 0.2) is 12.2 Å². The number of ether oxygens (including phenoxy) is 8. The average Bonchev–Trinajstić information content (AvgIpc) is 3.43. The molecular weight excluding hydrogens is 1080 g/mol. The minimum absolute atomic E-state index is 0.0147. The van der Waals surface area contributed by atoms with Crippen LogP contribution in [0.25, 0.3) is 0 Å². The van der Waals surface area contributed by atoms with Gasteiger partial charge in [0.05, 0.1) is 46.2 Å². The number of nitrogens with zero attached hydrogens (tertiary/aromatic N) is 2. The minimum atomic E-state index is -1.59. The van der Waals surface area contributed by atoms with Gasteiger partial charge in [0.25, 0.3) is 10.2 Å². The fourth-order valence-corrected chi connectivity index (χ4v) is 6.92. The first-order valence-electron chi connectivity index (χ1n) is 27.2. The van der Waals surface area contributed by atoms with Crippen LogP contribution in [-0.2, 0) is 97.2 Å². The van der Waals surface area contributed by atoms with E-state index in [0.717, 1.165) is 6.92 Å². The number of esters is 8. The number of hydrogen-bond donors (Lipinski definition) is 2. The second-order valence-electron chi connectivity index (χ2n) is 18.3.